The first-order chi connectivity index (χ1) is 9.69. The Morgan fingerprint density at radius 2 is 1.50 bits per heavy atom. The molecule has 0 bridgehead atoms. The summed E-state index contributed by atoms with van der Waals surface area (Å²) in [6.07, 6.45) is 0. The van der Waals surface area contributed by atoms with Crippen molar-refractivity contribution in [2.24, 2.45) is 0 Å². The predicted molar refractivity (Wildman–Crippen MR) is 87.7 cm³/mol. The molecule has 0 fully saturated rings. The Bertz CT molecular complexity index is 866. The van der Waals surface area contributed by atoms with Gasteiger partial charge in [0.25, 0.3) is 0 Å². The number of aryl methyl sites for hydroxylation is 2. The lowest BCUT2D eigenvalue weighted by Gasteiger charge is -1.95. The zero-order valence-corrected chi connectivity index (χ0v) is 12.8. The quantitative estimate of drug-likeness (QED) is 0.483. The third kappa shape index (κ3) is 1.92. The van der Waals surface area contributed by atoms with Gasteiger partial charge in [0, 0.05) is 5.56 Å². The van der Waals surface area contributed by atoms with Crippen molar-refractivity contribution in [1.29, 1.82) is 0 Å². The molecular formula is C16H12N2S2. The molecular weight excluding hydrogens is 284 g/mol. The number of rotatable bonds is 1. The van der Waals surface area contributed by atoms with Crippen LogP contribution in [0.4, 0.5) is 0 Å². The minimum atomic E-state index is 1.04. The van der Waals surface area contributed by atoms with E-state index in [-0.39, 0.29) is 0 Å². The largest absolute Gasteiger partial charge is 0.241 e. The van der Waals surface area contributed by atoms with Gasteiger partial charge in [-0.2, -0.15) is 0 Å². The van der Waals surface area contributed by atoms with Crippen LogP contribution in [-0.2, 0) is 0 Å². The Hall–Kier alpha value is -1.78. The van der Waals surface area contributed by atoms with Crippen LogP contribution in [0.1, 0.15) is 10.6 Å². The van der Waals surface area contributed by atoms with Crippen molar-refractivity contribution in [3.63, 3.8) is 0 Å². The summed E-state index contributed by atoms with van der Waals surface area (Å²) in [5.74, 6) is 0. The highest BCUT2D eigenvalue weighted by Gasteiger charge is 2.09. The van der Waals surface area contributed by atoms with E-state index in [9.17, 15) is 0 Å². The first-order valence-electron chi connectivity index (χ1n) is 6.44. The van der Waals surface area contributed by atoms with Gasteiger partial charge in [-0.25, -0.2) is 9.97 Å². The highest BCUT2D eigenvalue weighted by molar-refractivity contribution is 7.22. The second-order valence-electron chi connectivity index (χ2n) is 4.91. The molecule has 0 N–H and O–H groups in total. The van der Waals surface area contributed by atoms with Gasteiger partial charge in [-0.05, 0) is 26.0 Å². The summed E-state index contributed by atoms with van der Waals surface area (Å²) in [5, 5.41) is 2.19. The summed E-state index contributed by atoms with van der Waals surface area (Å²) in [7, 11) is 0. The van der Waals surface area contributed by atoms with Crippen molar-refractivity contribution >= 4 is 43.1 Å². The molecule has 4 aromatic rings. The summed E-state index contributed by atoms with van der Waals surface area (Å²) in [6, 6.07) is 12.8. The van der Waals surface area contributed by atoms with E-state index in [0.29, 0.717) is 0 Å². The topological polar surface area (TPSA) is 25.8 Å². The van der Waals surface area contributed by atoms with E-state index >= 15 is 0 Å². The van der Waals surface area contributed by atoms with Crippen LogP contribution in [0.5, 0.6) is 0 Å². The molecule has 0 unspecified atom stereocenters. The molecule has 0 amide bonds. The zero-order valence-electron chi connectivity index (χ0n) is 11.2. The highest BCUT2D eigenvalue weighted by atomic mass is 32.1. The summed E-state index contributed by atoms with van der Waals surface area (Å²) >= 11 is 3.49. The normalized spacial score (nSPS) is 11.5. The van der Waals surface area contributed by atoms with E-state index in [1.54, 1.807) is 22.7 Å². The standard InChI is InChI=1S/C16H12N2S2/c1-9-3-5-11(6-4-9)16-18-13-7-12-14(8-15(13)20-16)19-10(2)17-12/h3-8H,1-2H3. The zero-order chi connectivity index (χ0) is 13.7. The van der Waals surface area contributed by atoms with E-state index in [0.717, 1.165) is 21.0 Å². The average molecular weight is 296 g/mol. The molecule has 2 heterocycles. The number of hydrogen-bond donors (Lipinski definition) is 0. The third-order valence-electron chi connectivity index (χ3n) is 3.30. The number of hydrogen-bond acceptors (Lipinski definition) is 4. The predicted octanol–water partition coefficient (Wildman–Crippen LogP) is 5.19. The molecule has 0 aliphatic carbocycles. The van der Waals surface area contributed by atoms with Gasteiger partial charge in [-0.15, -0.1) is 22.7 Å². The maximum Gasteiger partial charge on any atom is 0.124 e. The Kier molecular flexibility index (Phi) is 2.62. The number of aromatic nitrogens is 2. The van der Waals surface area contributed by atoms with Gasteiger partial charge < -0.3 is 0 Å². The molecule has 0 atom stereocenters. The molecule has 0 saturated heterocycles. The monoisotopic (exact) mass is 296 g/mol. The van der Waals surface area contributed by atoms with E-state index in [1.165, 1.54) is 20.5 Å². The summed E-state index contributed by atoms with van der Waals surface area (Å²) < 4.78 is 2.48. The van der Waals surface area contributed by atoms with E-state index in [1.807, 2.05) is 6.92 Å². The Labute approximate surface area is 124 Å². The van der Waals surface area contributed by atoms with Crippen LogP contribution < -0.4 is 0 Å². The third-order valence-corrected chi connectivity index (χ3v) is 5.30. The van der Waals surface area contributed by atoms with Crippen molar-refractivity contribution in [3.05, 3.63) is 47.0 Å². The average Bonchev–Trinajstić information content (AvgIpc) is 2.97. The van der Waals surface area contributed by atoms with Crippen molar-refractivity contribution < 1.29 is 0 Å². The van der Waals surface area contributed by atoms with Crippen molar-refractivity contribution in [2.75, 3.05) is 0 Å². The van der Waals surface area contributed by atoms with Gasteiger partial charge >= 0.3 is 0 Å². The van der Waals surface area contributed by atoms with Crippen LogP contribution in [0, 0.1) is 13.8 Å². The number of benzene rings is 2. The fourth-order valence-electron chi connectivity index (χ4n) is 2.28. The maximum atomic E-state index is 4.76. The number of thiazole rings is 2. The molecule has 2 nitrogen and oxygen atoms in total. The summed E-state index contributed by atoms with van der Waals surface area (Å²) in [4.78, 5) is 9.30. The molecule has 0 saturated carbocycles. The van der Waals surface area contributed by atoms with Gasteiger partial charge in [-0.3, -0.25) is 0 Å². The lowest BCUT2D eigenvalue weighted by atomic mass is 10.2. The molecule has 0 radical (unpaired) electrons. The second-order valence-corrected chi connectivity index (χ2v) is 7.17. The van der Waals surface area contributed by atoms with Crippen molar-refractivity contribution in [3.8, 4) is 10.6 Å². The molecule has 0 aliphatic heterocycles. The van der Waals surface area contributed by atoms with E-state index in [4.69, 9.17) is 4.98 Å². The fourth-order valence-corrected chi connectivity index (χ4v) is 4.20. The van der Waals surface area contributed by atoms with Gasteiger partial charge in [0.1, 0.15) is 5.01 Å². The Morgan fingerprint density at radius 1 is 0.800 bits per heavy atom. The molecule has 2 aromatic heterocycles. The molecule has 98 valence electrons. The smallest absolute Gasteiger partial charge is 0.124 e. The molecule has 2 aromatic carbocycles. The van der Waals surface area contributed by atoms with Gasteiger partial charge in [0.2, 0.25) is 0 Å². The summed E-state index contributed by atoms with van der Waals surface area (Å²) in [5.41, 5.74) is 4.56. The van der Waals surface area contributed by atoms with E-state index in [2.05, 4.69) is 48.3 Å². The van der Waals surface area contributed by atoms with Gasteiger partial charge in [0.15, 0.2) is 0 Å². The van der Waals surface area contributed by atoms with Crippen molar-refractivity contribution in [2.45, 2.75) is 13.8 Å². The molecule has 4 heteroatoms. The minimum Gasteiger partial charge on any atom is -0.241 e. The van der Waals surface area contributed by atoms with Crippen LogP contribution in [0.3, 0.4) is 0 Å². The highest BCUT2D eigenvalue weighted by Crippen LogP contribution is 2.34. The number of fused-ring (bicyclic) bond motifs is 2. The first-order valence-corrected chi connectivity index (χ1v) is 8.07. The van der Waals surface area contributed by atoms with Crippen LogP contribution in [0.2, 0.25) is 0 Å². The van der Waals surface area contributed by atoms with E-state index < -0.39 is 0 Å². The molecule has 4 rings (SSSR count). The molecule has 0 aliphatic rings. The SMILES string of the molecule is Cc1ccc(-c2nc3cc4nc(C)sc4cc3s2)cc1. The van der Waals surface area contributed by atoms with Crippen LogP contribution >= 0.6 is 22.7 Å². The van der Waals surface area contributed by atoms with Crippen molar-refractivity contribution in [1.82, 2.24) is 9.97 Å². The summed E-state index contributed by atoms with van der Waals surface area (Å²) in [6.45, 7) is 4.15. The maximum absolute atomic E-state index is 4.76. The van der Waals surface area contributed by atoms with Crippen LogP contribution in [-0.4, -0.2) is 9.97 Å². The molecule has 20 heavy (non-hydrogen) atoms. The Balaban J connectivity index is 1.91. The molecule has 0 spiro atoms. The number of nitrogens with zero attached hydrogens (tertiary/aromatic N) is 2. The van der Waals surface area contributed by atoms with Gasteiger partial charge in [0.05, 0.1) is 25.4 Å². The first kappa shape index (κ1) is 12.0. The van der Waals surface area contributed by atoms with Crippen LogP contribution in [0.25, 0.3) is 31.0 Å². The Morgan fingerprint density at radius 3 is 2.30 bits per heavy atom. The lowest BCUT2D eigenvalue weighted by molar-refractivity contribution is 1.35. The second kappa shape index (κ2) is 4.36. The fraction of sp³-hybridized carbons (Fsp3) is 0.125. The van der Waals surface area contributed by atoms with Gasteiger partial charge in [-0.1, -0.05) is 29.8 Å². The minimum absolute atomic E-state index is 1.04. The van der Waals surface area contributed by atoms with Crippen LogP contribution in [0.15, 0.2) is 36.4 Å². The lowest BCUT2D eigenvalue weighted by Crippen LogP contribution is -1.76.